The number of rotatable bonds is 10. The quantitative estimate of drug-likeness (QED) is 0.162. The highest BCUT2D eigenvalue weighted by Gasteiger charge is 2.44. The molecule has 220 valence electrons. The molecule has 0 spiro atoms. The average Bonchev–Trinajstić information content (AvgIpc) is 3.36. The van der Waals surface area contributed by atoms with E-state index in [1.807, 2.05) is 42.5 Å². The Morgan fingerprint density at radius 3 is 2.35 bits per heavy atom. The fraction of sp³-hybridized carbons (Fsp3) is 0.483. The second-order valence-electron chi connectivity index (χ2n) is 11.0. The first-order valence-corrected chi connectivity index (χ1v) is 15.9. The van der Waals surface area contributed by atoms with Gasteiger partial charge in [-0.25, -0.2) is 4.98 Å². The van der Waals surface area contributed by atoms with Crippen LogP contribution in [0.25, 0.3) is 0 Å². The van der Waals surface area contributed by atoms with Gasteiger partial charge >= 0.3 is 0 Å². The first-order chi connectivity index (χ1) is 18.8. The number of ether oxygens (including phenoxy) is 1. The molecule has 0 unspecified atom stereocenters. The van der Waals surface area contributed by atoms with Crippen LogP contribution in [0.2, 0.25) is 10.0 Å². The third-order valence-corrected chi connectivity index (χ3v) is 7.71. The standard InChI is InChI=1S/C28H35Cl2N2O3.CH4O3S/c1-32(2,15-16-34-20-21-13-14-25(29)26(30)17-21)19-24-18-31-27(35-24)28(33,22-9-5-3-6-10-22)23-11-7-4-8-12-23;1-5(2,3)4/h3,5-6,9-10,13-14,17-18,23,33H,4,7-8,11-12,15-16,19-20H2,1-2H3;1H3,(H,2,3,4)/q+1;/t28-;/m0./s1. The lowest BCUT2D eigenvalue weighted by atomic mass is 9.73. The van der Waals surface area contributed by atoms with Crippen LogP contribution < -0.4 is 0 Å². The van der Waals surface area contributed by atoms with E-state index in [2.05, 4.69) is 19.1 Å². The van der Waals surface area contributed by atoms with E-state index in [0.29, 0.717) is 46.4 Å². The number of halogens is 2. The number of likely N-dealkylation sites (N-methyl/N-ethyl adjacent to an activating group) is 1. The van der Waals surface area contributed by atoms with Crippen molar-refractivity contribution in [1.29, 1.82) is 0 Å². The predicted molar refractivity (Wildman–Crippen MR) is 157 cm³/mol. The van der Waals surface area contributed by atoms with Crippen molar-refractivity contribution in [3.63, 3.8) is 0 Å². The van der Waals surface area contributed by atoms with Crippen LogP contribution in [0, 0.1) is 5.92 Å². The van der Waals surface area contributed by atoms with Crippen LogP contribution in [-0.2, 0) is 33.6 Å². The van der Waals surface area contributed by atoms with E-state index < -0.39 is 15.7 Å². The lowest BCUT2D eigenvalue weighted by Gasteiger charge is -2.36. The summed E-state index contributed by atoms with van der Waals surface area (Å²) >= 11 is 12.1. The summed E-state index contributed by atoms with van der Waals surface area (Å²) in [5, 5.41) is 13.1. The number of quaternary nitrogens is 1. The lowest BCUT2D eigenvalue weighted by molar-refractivity contribution is -0.905. The summed E-state index contributed by atoms with van der Waals surface area (Å²) in [4.78, 5) is 4.59. The molecule has 11 heteroatoms. The Morgan fingerprint density at radius 2 is 1.73 bits per heavy atom. The molecular formula is C29H39Cl2N2O6S+. The maximum Gasteiger partial charge on any atom is 0.261 e. The van der Waals surface area contributed by atoms with Gasteiger partial charge in [0.15, 0.2) is 11.4 Å². The summed E-state index contributed by atoms with van der Waals surface area (Å²) in [6, 6.07) is 15.4. The zero-order valence-electron chi connectivity index (χ0n) is 23.2. The number of nitrogens with zero attached hydrogens (tertiary/aromatic N) is 2. The second kappa shape index (κ2) is 14.3. The van der Waals surface area contributed by atoms with Crippen molar-refractivity contribution in [3.05, 3.63) is 87.6 Å². The van der Waals surface area contributed by atoms with Gasteiger partial charge in [0.2, 0.25) is 5.89 Å². The third kappa shape index (κ3) is 9.83. The third-order valence-electron chi connectivity index (χ3n) is 6.97. The fourth-order valence-corrected chi connectivity index (χ4v) is 5.26. The summed E-state index contributed by atoms with van der Waals surface area (Å²) in [5.41, 5.74) is 0.636. The number of aromatic nitrogens is 1. The van der Waals surface area contributed by atoms with Gasteiger partial charge in [0.25, 0.3) is 10.1 Å². The van der Waals surface area contributed by atoms with Gasteiger partial charge in [-0.05, 0) is 36.1 Å². The Balaban J connectivity index is 0.000000810. The smallest absolute Gasteiger partial charge is 0.261 e. The fourth-order valence-electron chi connectivity index (χ4n) is 4.94. The molecule has 8 nitrogen and oxygen atoms in total. The van der Waals surface area contributed by atoms with Gasteiger partial charge in [-0.15, -0.1) is 0 Å². The van der Waals surface area contributed by atoms with E-state index in [-0.39, 0.29) is 5.92 Å². The highest BCUT2D eigenvalue weighted by atomic mass is 35.5. The van der Waals surface area contributed by atoms with Crippen molar-refractivity contribution >= 4 is 33.3 Å². The summed E-state index contributed by atoms with van der Waals surface area (Å²) in [6.45, 7) is 2.51. The lowest BCUT2D eigenvalue weighted by Crippen LogP contribution is -2.41. The maximum atomic E-state index is 12.0. The summed E-state index contributed by atoms with van der Waals surface area (Å²) in [7, 11) is 0.602. The van der Waals surface area contributed by atoms with Gasteiger partial charge in [0.1, 0.15) is 13.1 Å². The Morgan fingerprint density at radius 1 is 1.07 bits per heavy atom. The van der Waals surface area contributed by atoms with Crippen LogP contribution >= 0.6 is 23.2 Å². The topological polar surface area (TPSA) is 110 Å². The van der Waals surface area contributed by atoms with Gasteiger partial charge in [0, 0.05) is 5.92 Å². The van der Waals surface area contributed by atoms with Crippen LogP contribution in [0.5, 0.6) is 0 Å². The van der Waals surface area contributed by atoms with Gasteiger partial charge < -0.3 is 18.7 Å². The first-order valence-electron chi connectivity index (χ1n) is 13.3. The van der Waals surface area contributed by atoms with E-state index in [9.17, 15) is 13.5 Å². The van der Waals surface area contributed by atoms with E-state index >= 15 is 0 Å². The molecule has 1 aliphatic rings. The minimum atomic E-state index is -3.67. The maximum absolute atomic E-state index is 12.0. The molecule has 2 N–H and O–H groups in total. The molecule has 1 saturated carbocycles. The summed E-state index contributed by atoms with van der Waals surface area (Å²) in [6.07, 6.45) is 7.90. The van der Waals surface area contributed by atoms with E-state index in [0.717, 1.165) is 49.1 Å². The molecule has 1 atom stereocenters. The molecule has 1 heterocycles. The molecule has 1 aliphatic carbocycles. The molecule has 0 amide bonds. The van der Waals surface area contributed by atoms with Crippen LogP contribution in [0.4, 0.5) is 0 Å². The van der Waals surface area contributed by atoms with Gasteiger partial charge in [-0.1, -0.05) is 78.9 Å². The molecule has 1 aromatic heterocycles. The molecule has 1 fully saturated rings. The van der Waals surface area contributed by atoms with Crippen molar-refractivity contribution in [1.82, 2.24) is 4.98 Å². The van der Waals surface area contributed by atoms with Gasteiger partial charge in [-0.3, -0.25) is 4.55 Å². The van der Waals surface area contributed by atoms with E-state index in [1.165, 1.54) is 6.42 Å². The zero-order valence-corrected chi connectivity index (χ0v) is 25.6. The number of oxazole rings is 1. The van der Waals surface area contributed by atoms with Gasteiger partial charge in [-0.2, -0.15) is 8.42 Å². The predicted octanol–water partition coefficient (Wildman–Crippen LogP) is 6.09. The molecule has 0 bridgehead atoms. The molecule has 0 saturated heterocycles. The molecule has 0 aliphatic heterocycles. The van der Waals surface area contributed by atoms with Crippen molar-refractivity contribution in [3.8, 4) is 0 Å². The normalized spacial score (nSPS) is 16.2. The first kappa shape index (κ1) is 32.5. The molecule has 4 rings (SSSR count). The SMILES string of the molecule is CS(=O)(=O)O.C[N+](C)(CCOCc1ccc(Cl)c(Cl)c1)Cc1cnc([C@](O)(c2ccccc2)C2CCCCC2)o1. The van der Waals surface area contributed by atoms with E-state index in [4.69, 9.17) is 36.9 Å². The minimum Gasteiger partial charge on any atom is -0.436 e. The highest BCUT2D eigenvalue weighted by molar-refractivity contribution is 7.85. The number of hydrogen-bond acceptors (Lipinski definition) is 6. The van der Waals surface area contributed by atoms with E-state index in [1.54, 1.807) is 12.3 Å². The Bertz CT molecular complexity index is 1320. The van der Waals surface area contributed by atoms with Crippen LogP contribution in [0.3, 0.4) is 0 Å². The summed E-state index contributed by atoms with van der Waals surface area (Å²) in [5.74, 6) is 1.27. The Kier molecular flexibility index (Phi) is 11.6. The van der Waals surface area contributed by atoms with Crippen LogP contribution in [0.15, 0.2) is 59.1 Å². The minimum absolute atomic E-state index is 0.0995. The number of hydrogen-bond donors (Lipinski definition) is 2. The van der Waals surface area contributed by atoms with Crippen molar-refractivity contribution in [2.75, 3.05) is 33.5 Å². The molecular weight excluding hydrogens is 575 g/mol. The zero-order chi connectivity index (χ0) is 29.4. The highest BCUT2D eigenvalue weighted by Crippen LogP contribution is 2.43. The monoisotopic (exact) mass is 613 g/mol. The van der Waals surface area contributed by atoms with Crippen molar-refractivity contribution in [2.45, 2.75) is 50.9 Å². The molecule has 2 aromatic carbocycles. The van der Waals surface area contributed by atoms with Crippen molar-refractivity contribution in [2.24, 2.45) is 5.92 Å². The molecule has 3 aromatic rings. The Hall–Kier alpha value is -1.98. The van der Waals surface area contributed by atoms with Crippen LogP contribution in [-0.4, -0.2) is 61.0 Å². The molecule has 40 heavy (non-hydrogen) atoms. The summed E-state index contributed by atoms with van der Waals surface area (Å²) < 4.78 is 38.7. The average molecular weight is 615 g/mol. The number of aliphatic hydroxyl groups is 1. The number of benzene rings is 2. The van der Waals surface area contributed by atoms with Crippen LogP contribution in [0.1, 0.15) is 54.9 Å². The Labute approximate surface area is 247 Å². The second-order valence-corrected chi connectivity index (χ2v) is 13.2. The van der Waals surface area contributed by atoms with Crippen molar-refractivity contribution < 1.29 is 31.7 Å². The largest absolute Gasteiger partial charge is 0.436 e. The van der Waals surface area contributed by atoms with Gasteiger partial charge in [0.05, 0.1) is 49.8 Å². The molecule has 0 radical (unpaired) electrons.